The van der Waals surface area contributed by atoms with Crippen LogP contribution in [0.2, 0.25) is 0 Å². The molecule has 14 heavy (non-hydrogen) atoms. The highest BCUT2D eigenvalue weighted by molar-refractivity contribution is 5.66. The molecular weight excluding hydrogens is 180 g/mol. The highest BCUT2D eigenvalue weighted by atomic mass is 16.6. The van der Waals surface area contributed by atoms with E-state index in [-0.39, 0.29) is 18.2 Å². The van der Waals surface area contributed by atoms with Crippen LogP contribution in [0.4, 0.5) is 0 Å². The SMILES string of the molecule is CCCC(OC)C(CCC)OC(C)=O. The Balaban J connectivity index is 4.18. The van der Waals surface area contributed by atoms with E-state index in [1.165, 1.54) is 6.92 Å². The summed E-state index contributed by atoms with van der Waals surface area (Å²) < 4.78 is 10.6. The van der Waals surface area contributed by atoms with E-state index in [9.17, 15) is 4.79 Å². The van der Waals surface area contributed by atoms with Gasteiger partial charge in [-0.3, -0.25) is 4.79 Å². The summed E-state index contributed by atoms with van der Waals surface area (Å²) in [6.07, 6.45) is 3.82. The molecule has 0 aromatic carbocycles. The molecule has 0 aliphatic rings. The number of carbonyl (C=O) groups excluding carboxylic acids is 1. The molecule has 0 aromatic heterocycles. The van der Waals surface area contributed by atoms with Gasteiger partial charge in [0.05, 0.1) is 6.10 Å². The van der Waals surface area contributed by atoms with E-state index in [1.54, 1.807) is 7.11 Å². The molecule has 0 aliphatic heterocycles. The Bertz CT molecular complexity index is 157. The largest absolute Gasteiger partial charge is 0.460 e. The normalized spacial score (nSPS) is 14.9. The van der Waals surface area contributed by atoms with E-state index in [1.807, 2.05) is 0 Å². The second-order valence-electron chi connectivity index (χ2n) is 3.50. The summed E-state index contributed by atoms with van der Waals surface area (Å²) in [5, 5.41) is 0. The first kappa shape index (κ1) is 13.4. The molecule has 0 bridgehead atoms. The Morgan fingerprint density at radius 3 is 2.00 bits per heavy atom. The highest BCUT2D eigenvalue weighted by Crippen LogP contribution is 2.15. The van der Waals surface area contributed by atoms with Crippen LogP contribution in [-0.2, 0) is 14.3 Å². The lowest BCUT2D eigenvalue weighted by Crippen LogP contribution is -2.32. The summed E-state index contributed by atoms with van der Waals surface area (Å²) in [6.45, 7) is 5.62. The molecule has 0 spiro atoms. The average Bonchev–Trinajstić information content (AvgIpc) is 2.13. The third kappa shape index (κ3) is 5.22. The van der Waals surface area contributed by atoms with Gasteiger partial charge in [0, 0.05) is 14.0 Å². The summed E-state index contributed by atoms with van der Waals surface area (Å²) in [5.41, 5.74) is 0. The van der Waals surface area contributed by atoms with E-state index in [0.717, 1.165) is 25.7 Å². The van der Waals surface area contributed by atoms with E-state index in [2.05, 4.69) is 13.8 Å². The number of esters is 1. The topological polar surface area (TPSA) is 35.5 Å². The average molecular weight is 202 g/mol. The van der Waals surface area contributed by atoms with E-state index >= 15 is 0 Å². The molecule has 0 saturated heterocycles. The maximum atomic E-state index is 10.9. The summed E-state index contributed by atoms with van der Waals surface area (Å²) in [4.78, 5) is 10.9. The maximum Gasteiger partial charge on any atom is 0.302 e. The van der Waals surface area contributed by atoms with Gasteiger partial charge in [-0.25, -0.2) is 0 Å². The Morgan fingerprint density at radius 1 is 1.14 bits per heavy atom. The van der Waals surface area contributed by atoms with Gasteiger partial charge >= 0.3 is 5.97 Å². The number of carbonyl (C=O) groups is 1. The predicted octanol–water partition coefficient (Wildman–Crippen LogP) is 2.53. The zero-order valence-electron chi connectivity index (χ0n) is 9.71. The van der Waals surface area contributed by atoms with Gasteiger partial charge < -0.3 is 9.47 Å². The third-order valence-electron chi connectivity index (χ3n) is 2.18. The second-order valence-corrected chi connectivity index (χ2v) is 3.50. The van der Waals surface area contributed by atoms with Crippen LogP contribution in [0.3, 0.4) is 0 Å². The fraction of sp³-hybridized carbons (Fsp3) is 0.909. The summed E-state index contributed by atoms with van der Waals surface area (Å²) >= 11 is 0. The minimum atomic E-state index is -0.221. The molecule has 3 heteroatoms. The van der Waals surface area contributed by atoms with Crippen molar-refractivity contribution in [2.24, 2.45) is 0 Å². The second kappa shape index (κ2) is 7.80. The van der Waals surface area contributed by atoms with Crippen molar-refractivity contribution in [2.45, 2.75) is 58.7 Å². The quantitative estimate of drug-likeness (QED) is 0.595. The monoisotopic (exact) mass is 202 g/mol. The van der Waals surface area contributed by atoms with Crippen LogP contribution in [0, 0.1) is 0 Å². The van der Waals surface area contributed by atoms with Crippen LogP contribution in [-0.4, -0.2) is 25.3 Å². The van der Waals surface area contributed by atoms with Crippen molar-refractivity contribution in [3.63, 3.8) is 0 Å². The molecule has 0 N–H and O–H groups in total. The van der Waals surface area contributed by atoms with Crippen LogP contribution in [0.1, 0.15) is 46.5 Å². The van der Waals surface area contributed by atoms with Crippen LogP contribution in [0.5, 0.6) is 0 Å². The third-order valence-corrected chi connectivity index (χ3v) is 2.18. The lowest BCUT2D eigenvalue weighted by atomic mass is 10.0. The predicted molar refractivity (Wildman–Crippen MR) is 56.2 cm³/mol. The van der Waals surface area contributed by atoms with Gasteiger partial charge in [-0.2, -0.15) is 0 Å². The first-order valence-corrected chi connectivity index (χ1v) is 5.35. The van der Waals surface area contributed by atoms with Crippen LogP contribution >= 0.6 is 0 Å². The number of ether oxygens (including phenoxy) is 2. The van der Waals surface area contributed by atoms with Crippen molar-refractivity contribution < 1.29 is 14.3 Å². The molecule has 0 aromatic rings. The number of methoxy groups -OCH3 is 1. The molecule has 0 fully saturated rings. The molecule has 0 rings (SSSR count). The molecule has 0 amide bonds. The van der Waals surface area contributed by atoms with Gasteiger partial charge in [-0.15, -0.1) is 0 Å². The van der Waals surface area contributed by atoms with Crippen LogP contribution < -0.4 is 0 Å². The van der Waals surface area contributed by atoms with Gasteiger partial charge in [0.25, 0.3) is 0 Å². The summed E-state index contributed by atoms with van der Waals surface area (Å²) in [5.74, 6) is -0.221. The fourth-order valence-electron chi connectivity index (χ4n) is 1.56. The van der Waals surface area contributed by atoms with Crippen molar-refractivity contribution in [1.82, 2.24) is 0 Å². The molecule has 0 heterocycles. The van der Waals surface area contributed by atoms with Gasteiger partial charge in [0.15, 0.2) is 0 Å². The Hall–Kier alpha value is -0.570. The standard InChI is InChI=1S/C11H22O3/c1-5-7-10(13-4)11(8-6-2)14-9(3)12/h10-11H,5-8H2,1-4H3. The smallest absolute Gasteiger partial charge is 0.302 e. The molecule has 0 aliphatic carbocycles. The highest BCUT2D eigenvalue weighted by Gasteiger charge is 2.22. The Kier molecular flexibility index (Phi) is 7.48. The van der Waals surface area contributed by atoms with Crippen LogP contribution in [0.15, 0.2) is 0 Å². The zero-order valence-corrected chi connectivity index (χ0v) is 9.71. The number of hydrogen-bond donors (Lipinski definition) is 0. The van der Waals surface area contributed by atoms with Gasteiger partial charge in [-0.1, -0.05) is 26.7 Å². The molecule has 3 nitrogen and oxygen atoms in total. The maximum absolute atomic E-state index is 10.9. The van der Waals surface area contributed by atoms with Crippen molar-refractivity contribution in [3.05, 3.63) is 0 Å². The van der Waals surface area contributed by atoms with Crippen molar-refractivity contribution in [1.29, 1.82) is 0 Å². The van der Waals surface area contributed by atoms with Crippen LogP contribution in [0.25, 0.3) is 0 Å². The van der Waals surface area contributed by atoms with Gasteiger partial charge in [0.1, 0.15) is 6.10 Å². The first-order chi connectivity index (χ1) is 6.65. The van der Waals surface area contributed by atoms with Gasteiger partial charge in [-0.05, 0) is 12.8 Å². The lowest BCUT2D eigenvalue weighted by molar-refractivity contribution is -0.154. The Labute approximate surface area is 86.8 Å². The molecule has 2 unspecified atom stereocenters. The molecule has 84 valence electrons. The minimum absolute atomic E-state index is 0.0452. The van der Waals surface area contributed by atoms with E-state index in [0.29, 0.717) is 0 Å². The fourth-order valence-corrected chi connectivity index (χ4v) is 1.56. The minimum Gasteiger partial charge on any atom is -0.460 e. The summed E-state index contributed by atoms with van der Waals surface area (Å²) in [6, 6.07) is 0. The molecule has 2 atom stereocenters. The van der Waals surface area contributed by atoms with E-state index in [4.69, 9.17) is 9.47 Å². The number of hydrogen-bond acceptors (Lipinski definition) is 3. The van der Waals surface area contributed by atoms with Gasteiger partial charge in [0.2, 0.25) is 0 Å². The van der Waals surface area contributed by atoms with Crippen molar-refractivity contribution >= 4 is 5.97 Å². The molecule has 0 radical (unpaired) electrons. The van der Waals surface area contributed by atoms with Crippen molar-refractivity contribution in [3.8, 4) is 0 Å². The Morgan fingerprint density at radius 2 is 1.64 bits per heavy atom. The zero-order chi connectivity index (χ0) is 11.0. The first-order valence-electron chi connectivity index (χ1n) is 5.35. The van der Waals surface area contributed by atoms with Crippen molar-refractivity contribution in [2.75, 3.05) is 7.11 Å². The summed E-state index contributed by atoms with van der Waals surface area (Å²) in [7, 11) is 1.67. The molecular formula is C11H22O3. The lowest BCUT2D eigenvalue weighted by Gasteiger charge is -2.24. The number of rotatable bonds is 7. The molecule has 0 saturated carbocycles. The van der Waals surface area contributed by atoms with E-state index < -0.39 is 0 Å².